The third kappa shape index (κ3) is 4.21. The van der Waals surface area contributed by atoms with Crippen LogP contribution in [0.3, 0.4) is 0 Å². The molecule has 1 saturated heterocycles. The fourth-order valence-electron chi connectivity index (χ4n) is 2.66. The predicted molar refractivity (Wildman–Crippen MR) is 71.6 cm³/mol. The van der Waals surface area contributed by atoms with Crippen molar-refractivity contribution in [2.24, 2.45) is 11.8 Å². The molecule has 1 fully saturated rings. The van der Waals surface area contributed by atoms with Gasteiger partial charge in [0.25, 0.3) is 0 Å². The number of morpholine rings is 1. The van der Waals surface area contributed by atoms with Crippen molar-refractivity contribution in [1.29, 1.82) is 0 Å². The Kier molecular flexibility index (Phi) is 6.41. The molecule has 1 aliphatic rings. The molecule has 3 atom stereocenters. The Morgan fingerprint density at radius 1 is 1.41 bits per heavy atom. The van der Waals surface area contributed by atoms with E-state index in [1.165, 1.54) is 12.8 Å². The molecular formula is C13H29N3O. The minimum Gasteiger partial charge on any atom is -0.374 e. The Morgan fingerprint density at radius 2 is 2.12 bits per heavy atom. The fourth-order valence-corrected chi connectivity index (χ4v) is 2.66. The number of nitrogens with one attached hydrogen (secondary N) is 1. The molecular weight excluding hydrogens is 214 g/mol. The van der Waals surface area contributed by atoms with E-state index in [9.17, 15) is 0 Å². The summed E-state index contributed by atoms with van der Waals surface area (Å²) in [5, 5.41) is 0. The largest absolute Gasteiger partial charge is 0.374 e. The maximum Gasteiger partial charge on any atom is 0.0871 e. The lowest BCUT2D eigenvalue weighted by atomic mass is 9.92. The Morgan fingerprint density at radius 3 is 2.65 bits per heavy atom. The molecule has 1 rings (SSSR count). The van der Waals surface area contributed by atoms with Gasteiger partial charge >= 0.3 is 0 Å². The lowest BCUT2D eigenvalue weighted by molar-refractivity contribution is -0.0641. The fraction of sp³-hybridized carbons (Fsp3) is 1.00. The molecule has 3 unspecified atom stereocenters. The van der Waals surface area contributed by atoms with E-state index >= 15 is 0 Å². The summed E-state index contributed by atoms with van der Waals surface area (Å²) in [6, 6.07) is 0.845. The molecule has 4 nitrogen and oxygen atoms in total. The van der Waals surface area contributed by atoms with Crippen molar-refractivity contribution in [3.8, 4) is 0 Å². The summed E-state index contributed by atoms with van der Waals surface area (Å²) in [5.74, 6) is 6.27. The van der Waals surface area contributed by atoms with Gasteiger partial charge in [-0.3, -0.25) is 16.2 Å². The van der Waals surface area contributed by atoms with E-state index in [0.29, 0.717) is 12.0 Å². The maximum absolute atomic E-state index is 5.89. The molecule has 0 aliphatic carbocycles. The minimum atomic E-state index is 0.220. The summed E-state index contributed by atoms with van der Waals surface area (Å²) >= 11 is 0. The summed E-state index contributed by atoms with van der Waals surface area (Å²) in [7, 11) is 0. The summed E-state index contributed by atoms with van der Waals surface area (Å²) in [6.45, 7) is 11.8. The quantitative estimate of drug-likeness (QED) is 0.546. The zero-order valence-electron chi connectivity index (χ0n) is 11.8. The molecule has 0 amide bonds. The van der Waals surface area contributed by atoms with Gasteiger partial charge in [0.1, 0.15) is 0 Å². The lowest BCUT2D eigenvalue weighted by Gasteiger charge is -2.40. The molecule has 17 heavy (non-hydrogen) atoms. The van der Waals surface area contributed by atoms with Gasteiger partial charge in [-0.25, -0.2) is 0 Å². The van der Waals surface area contributed by atoms with Gasteiger partial charge in [0, 0.05) is 19.1 Å². The van der Waals surface area contributed by atoms with Crippen molar-refractivity contribution >= 4 is 0 Å². The van der Waals surface area contributed by atoms with Crippen molar-refractivity contribution in [3.63, 3.8) is 0 Å². The van der Waals surface area contributed by atoms with Gasteiger partial charge in [0.05, 0.1) is 18.8 Å². The van der Waals surface area contributed by atoms with Crippen molar-refractivity contribution in [3.05, 3.63) is 0 Å². The molecule has 0 radical (unpaired) electrons. The zero-order chi connectivity index (χ0) is 12.8. The van der Waals surface area contributed by atoms with E-state index in [1.54, 1.807) is 0 Å². The molecule has 0 saturated carbocycles. The van der Waals surface area contributed by atoms with Crippen LogP contribution in [0.1, 0.15) is 40.5 Å². The van der Waals surface area contributed by atoms with Crippen LogP contribution in [0.2, 0.25) is 0 Å². The Bertz CT molecular complexity index is 211. The first-order valence-corrected chi connectivity index (χ1v) is 6.91. The highest BCUT2D eigenvalue weighted by Crippen LogP contribution is 2.19. The second-order valence-corrected chi connectivity index (χ2v) is 5.46. The number of nitrogens with zero attached hydrogens (tertiary/aromatic N) is 1. The van der Waals surface area contributed by atoms with Crippen molar-refractivity contribution in [2.75, 3.05) is 19.7 Å². The van der Waals surface area contributed by atoms with Crippen LogP contribution in [-0.4, -0.2) is 42.8 Å². The van der Waals surface area contributed by atoms with Gasteiger partial charge in [-0.1, -0.05) is 20.3 Å². The molecule has 0 aromatic carbocycles. The molecule has 4 heteroatoms. The normalized spacial score (nSPS) is 26.1. The maximum atomic E-state index is 5.89. The van der Waals surface area contributed by atoms with Crippen LogP contribution in [0, 0.1) is 5.92 Å². The third-order valence-electron chi connectivity index (χ3n) is 3.81. The number of hydrogen-bond acceptors (Lipinski definition) is 4. The highest BCUT2D eigenvalue weighted by atomic mass is 16.5. The first kappa shape index (κ1) is 14.9. The average Bonchev–Trinajstić information content (AvgIpc) is 2.30. The molecule has 3 N–H and O–H groups in total. The number of rotatable bonds is 6. The van der Waals surface area contributed by atoms with Gasteiger partial charge in [0.2, 0.25) is 0 Å². The van der Waals surface area contributed by atoms with Crippen molar-refractivity contribution < 1.29 is 4.74 Å². The number of nitrogens with two attached hydrogens (primary N) is 1. The van der Waals surface area contributed by atoms with Crippen LogP contribution >= 0.6 is 0 Å². The molecule has 0 spiro atoms. The topological polar surface area (TPSA) is 50.5 Å². The van der Waals surface area contributed by atoms with Gasteiger partial charge in [-0.15, -0.1) is 0 Å². The SMILES string of the molecule is CCCC(C)C(NN)C1CN(C(C)C)CCO1. The number of hydrazine groups is 1. The van der Waals surface area contributed by atoms with Crippen LogP contribution in [0.4, 0.5) is 0 Å². The Balaban J connectivity index is 2.55. The van der Waals surface area contributed by atoms with E-state index in [1.807, 2.05) is 0 Å². The van der Waals surface area contributed by atoms with Crippen molar-refractivity contribution in [1.82, 2.24) is 10.3 Å². The number of hydrogen-bond donors (Lipinski definition) is 2. The van der Waals surface area contributed by atoms with E-state index in [-0.39, 0.29) is 12.1 Å². The Hall–Kier alpha value is -0.160. The van der Waals surface area contributed by atoms with E-state index < -0.39 is 0 Å². The van der Waals surface area contributed by atoms with Gasteiger partial charge in [0.15, 0.2) is 0 Å². The second-order valence-electron chi connectivity index (χ2n) is 5.46. The van der Waals surface area contributed by atoms with Crippen molar-refractivity contribution in [2.45, 2.75) is 58.7 Å². The first-order valence-electron chi connectivity index (χ1n) is 6.91. The molecule has 1 aliphatic heterocycles. The monoisotopic (exact) mass is 243 g/mol. The predicted octanol–water partition coefficient (Wildman–Crippen LogP) is 1.36. The van der Waals surface area contributed by atoms with Gasteiger partial charge in [-0.05, 0) is 26.2 Å². The van der Waals surface area contributed by atoms with Crippen LogP contribution in [0.25, 0.3) is 0 Å². The second kappa shape index (κ2) is 7.31. The van der Waals surface area contributed by atoms with E-state index in [0.717, 1.165) is 19.7 Å². The smallest absolute Gasteiger partial charge is 0.0871 e. The zero-order valence-corrected chi connectivity index (χ0v) is 11.8. The average molecular weight is 243 g/mol. The lowest BCUT2D eigenvalue weighted by Crippen LogP contribution is -2.57. The van der Waals surface area contributed by atoms with Crippen LogP contribution < -0.4 is 11.3 Å². The minimum absolute atomic E-state index is 0.220. The standard InChI is InChI=1S/C13H29N3O/c1-5-6-11(4)13(15-14)12-9-16(10(2)3)7-8-17-12/h10-13,15H,5-9,14H2,1-4H3. The van der Waals surface area contributed by atoms with Gasteiger partial charge < -0.3 is 4.74 Å². The molecule has 0 bridgehead atoms. The van der Waals surface area contributed by atoms with Crippen LogP contribution in [0.5, 0.6) is 0 Å². The molecule has 1 heterocycles. The highest BCUT2D eigenvalue weighted by Gasteiger charge is 2.31. The summed E-state index contributed by atoms with van der Waals surface area (Å²) < 4.78 is 5.89. The number of ether oxygens (including phenoxy) is 1. The van der Waals surface area contributed by atoms with Crippen LogP contribution in [0.15, 0.2) is 0 Å². The summed E-state index contributed by atoms with van der Waals surface area (Å²) in [6.07, 6.45) is 2.61. The summed E-state index contributed by atoms with van der Waals surface area (Å²) in [4.78, 5) is 2.47. The van der Waals surface area contributed by atoms with E-state index in [4.69, 9.17) is 10.6 Å². The molecule has 102 valence electrons. The highest BCUT2D eigenvalue weighted by molar-refractivity contribution is 4.86. The molecule has 0 aromatic rings. The van der Waals surface area contributed by atoms with Gasteiger partial charge in [-0.2, -0.15) is 0 Å². The summed E-state index contributed by atoms with van der Waals surface area (Å²) in [5.41, 5.74) is 2.96. The Labute approximate surface area is 106 Å². The molecule has 0 aromatic heterocycles. The van der Waals surface area contributed by atoms with Crippen LogP contribution in [-0.2, 0) is 4.74 Å². The van der Waals surface area contributed by atoms with E-state index in [2.05, 4.69) is 38.0 Å². The first-order chi connectivity index (χ1) is 8.10. The third-order valence-corrected chi connectivity index (χ3v) is 3.81.